The average molecular weight is 371 g/mol. The Morgan fingerprint density at radius 2 is 1.74 bits per heavy atom. The van der Waals surface area contributed by atoms with Crippen LogP contribution >= 0.6 is 0 Å². The molecule has 0 atom stereocenters. The third-order valence-corrected chi connectivity index (χ3v) is 4.34. The third kappa shape index (κ3) is 4.51. The number of esters is 1. The van der Waals surface area contributed by atoms with Crippen molar-refractivity contribution in [2.45, 2.75) is 26.4 Å². The predicted molar refractivity (Wildman–Crippen MR) is 102 cm³/mol. The molecule has 0 aliphatic carbocycles. The maximum atomic E-state index is 12.1. The highest BCUT2D eigenvalue weighted by Gasteiger charge is 2.34. The topological polar surface area (TPSA) is 65.1 Å². The minimum atomic E-state index is -0.501. The molecule has 1 heterocycles. The fourth-order valence-electron chi connectivity index (χ4n) is 2.97. The van der Waals surface area contributed by atoms with Crippen LogP contribution in [-0.2, 0) is 9.47 Å². The van der Waals surface area contributed by atoms with Gasteiger partial charge in [0.25, 0.3) is 0 Å². The lowest BCUT2D eigenvalue weighted by Crippen LogP contribution is -2.53. The molecule has 0 radical (unpaired) electrons. The zero-order valence-electron chi connectivity index (χ0n) is 16.2. The fraction of sp³-hybridized carbons (Fsp3) is 0.429. The SMILES string of the molecule is COC(=O)c1cc2ccccc2cc1OCC1CN(C(=O)OC(C)(C)C)C1. The van der Waals surface area contributed by atoms with Crippen molar-refractivity contribution in [1.29, 1.82) is 0 Å². The van der Waals surface area contributed by atoms with Crippen LogP contribution in [0.4, 0.5) is 4.79 Å². The number of carbonyl (C=O) groups excluding carboxylic acids is 2. The minimum absolute atomic E-state index is 0.203. The van der Waals surface area contributed by atoms with Crippen LogP contribution in [0.1, 0.15) is 31.1 Å². The Morgan fingerprint density at radius 3 is 2.33 bits per heavy atom. The van der Waals surface area contributed by atoms with Crippen LogP contribution in [0.2, 0.25) is 0 Å². The Kier molecular flexibility index (Phi) is 5.26. The molecule has 1 amide bonds. The fourth-order valence-corrected chi connectivity index (χ4v) is 2.97. The Balaban J connectivity index is 1.64. The number of hydrogen-bond donors (Lipinski definition) is 0. The molecule has 6 nitrogen and oxygen atoms in total. The maximum Gasteiger partial charge on any atom is 0.410 e. The number of nitrogens with zero attached hydrogens (tertiary/aromatic N) is 1. The van der Waals surface area contributed by atoms with Crippen LogP contribution in [0.5, 0.6) is 5.75 Å². The second-order valence-electron chi connectivity index (χ2n) is 7.75. The smallest absolute Gasteiger partial charge is 0.410 e. The number of likely N-dealkylation sites (tertiary alicyclic amines) is 1. The van der Waals surface area contributed by atoms with Gasteiger partial charge in [-0.25, -0.2) is 9.59 Å². The molecule has 2 aromatic rings. The van der Waals surface area contributed by atoms with Crippen LogP contribution in [-0.4, -0.2) is 49.4 Å². The molecule has 0 aromatic heterocycles. The van der Waals surface area contributed by atoms with Gasteiger partial charge in [-0.05, 0) is 43.7 Å². The number of methoxy groups -OCH3 is 1. The van der Waals surface area contributed by atoms with Gasteiger partial charge in [0.15, 0.2) is 0 Å². The van der Waals surface area contributed by atoms with Crippen LogP contribution in [0.25, 0.3) is 10.8 Å². The van der Waals surface area contributed by atoms with Crippen molar-refractivity contribution in [2.75, 3.05) is 26.8 Å². The van der Waals surface area contributed by atoms with E-state index in [0.717, 1.165) is 10.8 Å². The van der Waals surface area contributed by atoms with Crippen molar-refractivity contribution in [3.63, 3.8) is 0 Å². The lowest BCUT2D eigenvalue weighted by atomic mass is 10.0. The van der Waals surface area contributed by atoms with Crippen molar-refractivity contribution in [1.82, 2.24) is 4.90 Å². The van der Waals surface area contributed by atoms with E-state index < -0.39 is 11.6 Å². The molecule has 0 saturated carbocycles. The summed E-state index contributed by atoms with van der Waals surface area (Å²) in [6, 6.07) is 11.4. The van der Waals surface area contributed by atoms with E-state index in [4.69, 9.17) is 14.2 Å². The van der Waals surface area contributed by atoms with Crippen molar-refractivity contribution in [3.8, 4) is 5.75 Å². The van der Waals surface area contributed by atoms with Crippen molar-refractivity contribution in [2.24, 2.45) is 5.92 Å². The van der Waals surface area contributed by atoms with Gasteiger partial charge in [-0.1, -0.05) is 24.3 Å². The summed E-state index contributed by atoms with van der Waals surface area (Å²) in [5.74, 6) is 0.269. The largest absolute Gasteiger partial charge is 0.492 e. The van der Waals surface area contributed by atoms with E-state index in [1.807, 2.05) is 51.1 Å². The highest BCUT2D eigenvalue weighted by Crippen LogP contribution is 2.28. The number of amides is 1. The Morgan fingerprint density at radius 1 is 1.11 bits per heavy atom. The third-order valence-electron chi connectivity index (χ3n) is 4.34. The van der Waals surface area contributed by atoms with Gasteiger partial charge in [-0.3, -0.25) is 0 Å². The van der Waals surface area contributed by atoms with E-state index in [1.165, 1.54) is 7.11 Å². The summed E-state index contributed by atoms with van der Waals surface area (Å²) in [6.07, 6.45) is -0.306. The molecule has 1 aliphatic heterocycles. The molecule has 0 spiro atoms. The Bertz CT molecular complexity index is 849. The predicted octanol–water partition coefficient (Wildman–Crippen LogP) is 3.87. The quantitative estimate of drug-likeness (QED) is 0.764. The van der Waals surface area contributed by atoms with Crippen molar-refractivity contribution >= 4 is 22.8 Å². The van der Waals surface area contributed by atoms with Crippen LogP contribution in [0, 0.1) is 5.92 Å². The van der Waals surface area contributed by atoms with E-state index >= 15 is 0 Å². The molecule has 1 saturated heterocycles. The molecule has 0 unspecified atom stereocenters. The second-order valence-corrected chi connectivity index (χ2v) is 7.75. The molecule has 1 fully saturated rings. The van der Waals surface area contributed by atoms with Gasteiger partial charge in [0.2, 0.25) is 0 Å². The van der Waals surface area contributed by atoms with Gasteiger partial charge >= 0.3 is 12.1 Å². The normalized spacial score (nSPS) is 14.6. The van der Waals surface area contributed by atoms with Gasteiger partial charge in [0.05, 0.1) is 13.7 Å². The van der Waals surface area contributed by atoms with Gasteiger partial charge in [0, 0.05) is 19.0 Å². The summed E-state index contributed by atoms with van der Waals surface area (Å²) < 4.78 is 16.2. The van der Waals surface area contributed by atoms with Crippen LogP contribution in [0.15, 0.2) is 36.4 Å². The highest BCUT2D eigenvalue weighted by molar-refractivity contribution is 5.98. The van der Waals surface area contributed by atoms with E-state index in [9.17, 15) is 9.59 Å². The summed E-state index contributed by atoms with van der Waals surface area (Å²) in [5, 5.41) is 1.94. The summed E-state index contributed by atoms with van der Waals surface area (Å²) in [6.45, 7) is 7.12. The van der Waals surface area contributed by atoms with E-state index in [0.29, 0.717) is 31.0 Å². The van der Waals surface area contributed by atoms with Crippen molar-refractivity contribution < 1.29 is 23.8 Å². The number of rotatable bonds is 4. The van der Waals surface area contributed by atoms with Crippen LogP contribution in [0.3, 0.4) is 0 Å². The summed E-state index contributed by atoms with van der Waals surface area (Å²) in [7, 11) is 1.35. The molecular weight excluding hydrogens is 346 g/mol. The van der Waals surface area contributed by atoms with E-state index in [1.54, 1.807) is 11.0 Å². The first-order valence-electron chi connectivity index (χ1n) is 8.98. The number of fused-ring (bicyclic) bond motifs is 1. The zero-order valence-corrected chi connectivity index (χ0v) is 16.2. The molecule has 27 heavy (non-hydrogen) atoms. The monoisotopic (exact) mass is 371 g/mol. The minimum Gasteiger partial charge on any atom is -0.492 e. The molecule has 6 heteroatoms. The molecular formula is C21H25NO5. The second kappa shape index (κ2) is 7.47. The molecule has 1 aliphatic rings. The first-order chi connectivity index (χ1) is 12.8. The summed E-state index contributed by atoms with van der Waals surface area (Å²) >= 11 is 0. The Labute approximate surface area is 159 Å². The number of hydrogen-bond acceptors (Lipinski definition) is 5. The first kappa shape index (κ1) is 19.0. The van der Waals surface area contributed by atoms with E-state index in [-0.39, 0.29) is 12.0 Å². The lowest BCUT2D eigenvalue weighted by molar-refractivity contribution is -0.00784. The number of carbonyl (C=O) groups is 2. The standard InChI is InChI=1S/C21H25NO5/c1-21(2,3)27-20(24)22-11-14(12-22)13-26-18-10-16-8-6-5-7-15(16)9-17(18)19(23)25-4/h5-10,14H,11-13H2,1-4H3. The van der Waals surface area contributed by atoms with Gasteiger partial charge in [0.1, 0.15) is 16.9 Å². The molecule has 2 aromatic carbocycles. The summed E-state index contributed by atoms with van der Waals surface area (Å²) in [5.41, 5.74) is -0.0985. The molecule has 0 bridgehead atoms. The van der Waals surface area contributed by atoms with E-state index in [2.05, 4.69) is 0 Å². The first-order valence-corrected chi connectivity index (χ1v) is 8.98. The molecule has 3 rings (SSSR count). The zero-order chi connectivity index (χ0) is 19.6. The maximum absolute atomic E-state index is 12.1. The highest BCUT2D eigenvalue weighted by atomic mass is 16.6. The summed E-state index contributed by atoms with van der Waals surface area (Å²) in [4.78, 5) is 25.8. The van der Waals surface area contributed by atoms with Gasteiger partial charge in [-0.15, -0.1) is 0 Å². The molecule has 144 valence electrons. The number of ether oxygens (including phenoxy) is 3. The van der Waals surface area contributed by atoms with Crippen molar-refractivity contribution in [3.05, 3.63) is 42.0 Å². The lowest BCUT2D eigenvalue weighted by Gasteiger charge is -2.39. The number of benzene rings is 2. The Hall–Kier alpha value is -2.76. The van der Waals surface area contributed by atoms with Gasteiger partial charge in [-0.2, -0.15) is 0 Å². The molecule has 0 N–H and O–H groups in total. The average Bonchev–Trinajstić information content (AvgIpc) is 2.57. The van der Waals surface area contributed by atoms with Gasteiger partial charge < -0.3 is 19.1 Å². The van der Waals surface area contributed by atoms with Crippen LogP contribution < -0.4 is 4.74 Å².